The first-order valence-electron chi connectivity index (χ1n) is 8.19. The summed E-state index contributed by atoms with van der Waals surface area (Å²) in [6.45, 7) is 1.88. The molecule has 0 bridgehead atoms. The Hall–Kier alpha value is -3.19. The highest BCUT2D eigenvalue weighted by Gasteiger charge is 2.13. The van der Waals surface area contributed by atoms with Gasteiger partial charge >= 0.3 is 5.97 Å². The average Bonchev–Trinajstić information content (AvgIpc) is 2.67. The maximum Gasteiger partial charge on any atom is 0.337 e. The molecule has 0 saturated heterocycles. The minimum atomic E-state index is -1.09. The molecule has 1 heterocycles. The standard InChI is InChI=1S/C20H17N3O3S/c1-13-11-17(14-7-3-2-4-8-14)23-20(21-13)27-12-18(24)22-16-10-6-5-9-15(16)19(25)26/h2-11H,12H2,1H3,(H,22,24)(H,25,26). The second-order valence-corrected chi connectivity index (χ2v) is 6.67. The molecule has 7 heteroatoms. The fourth-order valence-corrected chi connectivity index (χ4v) is 3.16. The minimum absolute atomic E-state index is 0.0500. The van der Waals surface area contributed by atoms with Gasteiger partial charge in [0.05, 0.1) is 22.7 Å². The number of amides is 1. The highest BCUT2D eigenvalue weighted by molar-refractivity contribution is 7.99. The molecular weight excluding hydrogens is 362 g/mol. The Morgan fingerprint density at radius 1 is 1.04 bits per heavy atom. The zero-order chi connectivity index (χ0) is 19.2. The molecule has 1 amide bonds. The van der Waals surface area contributed by atoms with Crippen molar-refractivity contribution in [3.8, 4) is 11.3 Å². The number of nitrogens with one attached hydrogen (secondary N) is 1. The lowest BCUT2D eigenvalue weighted by Gasteiger charge is -2.08. The summed E-state index contributed by atoms with van der Waals surface area (Å²) in [5.41, 5.74) is 2.90. The number of para-hydroxylation sites is 1. The maximum atomic E-state index is 12.2. The Morgan fingerprint density at radius 3 is 2.48 bits per heavy atom. The molecule has 0 unspecified atom stereocenters. The third-order valence-electron chi connectivity index (χ3n) is 3.67. The van der Waals surface area contributed by atoms with Gasteiger partial charge in [-0.3, -0.25) is 4.79 Å². The molecular formula is C20H17N3O3S. The number of nitrogens with zero attached hydrogens (tertiary/aromatic N) is 2. The molecule has 2 N–H and O–H groups in total. The number of aromatic nitrogens is 2. The summed E-state index contributed by atoms with van der Waals surface area (Å²) in [5.74, 6) is -1.33. The van der Waals surface area contributed by atoms with E-state index in [4.69, 9.17) is 0 Å². The van der Waals surface area contributed by atoms with Gasteiger partial charge in [-0.15, -0.1) is 0 Å². The van der Waals surface area contributed by atoms with Crippen molar-refractivity contribution < 1.29 is 14.7 Å². The number of thioether (sulfide) groups is 1. The van der Waals surface area contributed by atoms with Gasteiger partial charge in [-0.2, -0.15) is 0 Å². The van der Waals surface area contributed by atoms with Gasteiger partial charge in [-0.25, -0.2) is 14.8 Å². The molecule has 0 aliphatic rings. The maximum absolute atomic E-state index is 12.2. The van der Waals surface area contributed by atoms with Crippen molar-refractivity contribution in [1.29, 1.82) is 0 Å². The fraction of sp³-hybridized carbons (Fsp3) is 0.100. The molecule has 27 heavy (non-hydrogen) atoms. The predicted molar refractivity (Wildman–Crippen MR) is 105 cm³/mol. The first-order chi connectivity index (χ1) is 13.0. The molecule has 3 rings (SSSR count). The van der Waals surface area contributed by atoms with E-state index in [0.29, 0.717) is 5.16 Å². The molecule has 0 atom stereocenters. The second kappa shape index (κ2) is 8.46. The Bertz CT molecular complexity index is 977. The number of aromatic carboxylic acids is 1. The van der Waals surface area contributed by atoms with Crippen LogP contribution in [-0.2, 0) is 4.79 Å². The van der Waals surface area contributed by atoms with E-state index in [0.717, 1.165) is 17.0 Å². The van der Waals surface area contributed by atoms with Crippen LogP contribution in [0.25, 0.3) is 11.3 Å². The van der Waals surface area contributed by atoms with Crippen molar-refractivity contribution in [3.63, 3.8) is 0 Å². The van der Waals surface area contributed by atoms with Gasteiger partial charge in [0.1, 0.15) is 0 Å². The van der Waals surface area contributed by atoms with Crippen molar-refractivity contribution in [2.45, 2.75) is 12.1 Å². The van der Waals surface area contributed by atoms with Crippen molar-refractivity contribution in [2.75, 3.05) is 11.1 Å². The monoisotopic (exact) mass is 379 g/mol. The van der Waals surface area contributed by atoms with Gasteiger partial charge in [0.2, 0.25) is 5.91 Å². The summed E-state index contributed by atoms with van der Waals surface area (Å²) < 4.78 is 0. The van der Waals surface area contributed by atoms with Crippen molar-refractivity contribution in [3.05, 3.63) is 71.9 Å². The topological polar surface area (TPSA) is 92.2 Å². The number of rotatable bonds is 6. The lowest BCUT2D eigenvalue weighted by atomic mass is 10.1. The molecule has 0 aliphatic heterocycles. The highest BCUT2D eigenvalue weighted by Crippen LogP contribution is 2.22. The number of carbonyl (C=O) groups excluding carboxylic acids is 1. The van der Waals surface area contributed by atoms with Gasteiger partial charge in [0, 0.05) is 11.3 Å². The summed E-state index contributed by atoms with van der Waals surface area (Å²) in [5, 5.41) is 12.3. The quantitative estimate of drug-likeness (QED) is 0.499. The van der Waals surface area contributed by atoms with E-state index in [1.54, 1.807) is 18.2 Å². The van der Waals surface area contributed by atoms with Crippen LogP contribution in [0.15, 0.2) is 65.8 Å². The molecule has 0 radical (unpaired) electrons. The summed E-state index contributed by atoms with van der Waals surface area (Å²) in [4.78, 5) is 32.3. The van der Waals surface area contributed by atoms with Crippen molar-refractivity contribution in [1.82, 2.24) is 9.97 Å². The number of hydrogen-bond donors (Lipinski definition) is 2. The van der Waals surface area contributed by atoms with Crippen LogP contribution < -0.4 is 5.32 Å². The molecule has 136 valence electrons. The van der Waals surface area contributed by atoms with Gasteiger partial charge < -0.3 is 10.4 Å². The number of hydrogen-bond acceptors (Lipinski definition) is 5. The van der Waals surface area contributed by atoms with Crippen LogP contribution in [0.2, 0.25) is 0 Å². The summed E-state index contributed by atoms with van der Waals surface area (Å²) in [6.07, 6.45) is 0. The van der Waals surface area contributed by atoms with E-state index >= 15 is 0 Å². The van der Waals surface area contributed by atoms with Crippen LogP contribution >= 0.6 is 11.8 Å². The van der Waals surface area contributed by atoms with E-state index in [9.17, 15) is 14.7 Å². The van der Waals surface area contributed by atoms with E-state index in [1.165, 1.54) is 17.8 Å². The SMILES string of the molecule is Cc1cc(-c2ccccc2)nc(SCC(=O)Nc2ccccc2C(=O)O)n1. The highest BCUT2D eigenvalue weighted by atomic mass is 32.2. The normalized spacial score (nSPS) is 10.4. The third-order valence-corrected chi connectivity index (χ3v) is 4.51. The Morgan fingerprint density at radius 2 is 1.74 bits per heavy atom. The van der Waals surface area contributed by atoms with E-state index < -0.39 is 5.97 Å². The Labute approximate surface area is 160 Å². The van der Waals surface area contributed by atoms with Gasteiger partial charge in [0.25, 0.3) is 0 Å². The second-order valence-electron chi connectivity index (χ2n) is 5.73. The lowest BCUT2D eigenvalue weighted by molar-refractivity contribution is -0.113. The van der Waals surface area contributed by atoms with Crippen LogP contribution in [0.4, 0.5) is 5.69 Å². The number of anilines is 1. The number of aryl methyl sites for hydroxylation is 1. The molecule has 3 aromatic rings. The number of carboxylic acids is 1. The van der Waals surface area contributed by atoms with Crippen LogP contribution in [-0.4, -0.2) is 32.7 Å². The molecule has 0 fully saturated rings. The number of carbonyl (C=O) groups is 2. The predicted octanol–water partition coefficient (Wildman–Crippen LogP) is 3.88. The molecule has 0 aliphatic carbocycles. The van der Waals surface area contributed by atoms with Gasteiger partial charge in [-0.1, -0.05) is 54.2 Å². The first kappa shape index (κ1) is 18.6. The minimum Gasteiger partial charge on any atom is -0.478 e. The summed E-state index contributed by atoms with van der Waals surface area (Å²) in [6, 6.07) is 17.9. The van der Waals surface area contributed by atoms with Gasteiger partial charge in [0.15, 0.2) is 5.16 Å². The molecule has 2 aromatic carbocycles. The van der Waals surface area contributed by atoms with E-state index in [-0.39, 0.29) is 22.9 Å². The average molecular weight is 379 g/mol. The van der Waals surface area contributed by atoms with E-state index in [1.807, 2.05) is 43.3 Å². The van der Waals surface area contributed by atoms with Crippen LogP contribution in [0.5, 0.6) is 0 Å². The molecule has 0 spiro atoms. The zero-order valence-electron chi connectivity index (χ0n) is 14.5. The molecule has 1 aromatic heterocycles. The molecule has 6 nitrogen and oxygen atoms in total. The lowest BCUT2D eigenvalue weighted by Crippen LogP contribution is -2.16. The fourth-order valence-electron chi connectivity index (χ4n) is 2.46. The largest absolute Gasteiger partial charge is 0.478 e. The molecule has 0 saturated carbocycles. The Kier molecular flexibility index (Phi) is 5.83. The third kappa shape index (κ3) is 4.92. The Balaban J connectivity index is 1.69. The van der Waals surface area contributed by atoms with Gasteiger partial charge in [-0.05, 0) is 25.1 Å². The first-order valence-corrected chi connectivity index (χ1v) is 9.17. The summed E-state index contributed by atoms with van der Waals surface area (Å²) >= 11 is 1.20. The zero-order valence-corrected chi connectivity index (χ0v) is 15.4. The van der Waals surface area contributed by atoms with E-state index in [2.05, 4.69) is 15.3 Å². The van der Waals surface area contributed by atoms with Crippen LogP contribution in [0, 0.1) is 6.92 Å². The summed E-state index contributed by atoms with van der Waals surface area (Å²) in [7, 11) is 0. The number of benzene rings is 2. The van der Waals surface area contributed by atoms with Crippen LogP contribution in [0.3, 0.4) is 0 Å². The van der Waals surface area contributed by atoms with Crippen molar-refractivity contribution in [2.24, 2.45) is 0 Å². The smallest absolute Gasteiger partial charge is 0.337 e. The number of carboxylic acid groups (broad SMARTS) is 1. The van der Waals surface area contributed by atoms with Crippen LogP contribution in [0.1, 0.15) is 16.1 Å². The van der Waals surface area contributed by atoms with Crippen molar-refractivity contribution >= 4 is 29.3 Å².